The number of anilines is 2. The van der Waals surface area contributed by atoms with E-state index in [9.17, 15) is 9.59 Å². The van der Waals surface area contributed by atoms with Gasteiger partial charge in [-0.3, -0.25) is 29.2 Å². The highest BCUT2D eigenvalue weighted by molar-refractivity contribution is 5.86. The lowest BCUT2D eigenvalue weighted by Crippen LogP contribution is -2.48. The molecule has 0 spiro atoms. The molecule has 0 radical (unpaired) electrons. The maximum atomic E-state index is 13.4. The van der Waals surface area contributed by atoms with E-state index in [2.05, 4.69) is 181 Å². The minimum atomic E-state index is -0.913. The molecular formula is C58H84N6O4. The molecule has 4 aromatic rings. The van der Waals surface area contributed by atoms with E-state index in [1.54, 1.807) is 0 Å². The van der Waals surface area contributed by atoms with Crippen molar-refractivity contribution in [3.05, 3.63) is 131 Å². The number of hydrogen-bond donors (Lipinski definition) is 0. The van der Waals surface area contributed by atoms with E-state index in [0.717, 1.165) is 84.6 Å². The van der Waals surface area contributed by atoms with Gasteiger partial charge in [-0.05, 0) is 128 Å². The van der Waals surface area contributed by atoms with Crippen LogP contribution in [0, 0.1) is 0 Å². The van der Waals surface area contributed by atoms with Crippen molar-refractivity contribution in [2.24, 2.45) is 0 Å². The Morgan fingerprint density at radius 3 is 1.32 bits per heavy atom. The van der Waals surface area contributed by atoms with Crippen LogP contribution in [0.1, 0.15) is 95.9 Å². The van der Waals surface area contributed by atoms with Gasteiger partial charge in [0.2, 0.25) is 0 Å². The lowest BCUT2D eigenvalue weighted by molar-refractivity contribution is -0.161. The highest BCUT2D eigenvalue weighted by Gasteiger charge is 2.36. The zero-order valence-electron chi connectivity index (χ0n) is 43.4. The van der Waals surface area contributed by atoms with Crippen LogP contribution in [-0.4, -0.2) is 143 Å². The largest absolute Gasteiger partial charge is 0.460 e. The van der Waals surface area contributed by atoms with Crippen molar-refractivity contribution in [1.82, 2.24) is 19.6 Å². The Morgan fingerprint density at radius 2 is 0.941 bits per heavy atom. The SMILES string of the molecule is CCC(Cc1ccccc1)(c1ccc(N2CCN(CCC(=O)OC(C)(C)CCOC(C)(C)C(=O)CCN3CCN(c4ccc(C(CC)(Cc5ccccc5)N(C)C)cc4)CC3)CC2)cc1)N(C)C. The zero-order chi connectivity index (χ0) is 49.0. The Bertz CT molecular complexity index is 2150. The molecule has 4 aromatic carbocycles. The first-order chi connectivity index (χ1) is 32.5. The zero-order valence-corrected chi connectivity index (χ0v) is 43.4. The molecule has 10 nitrogen and oxygen atoms in total. The van der Waals surface area contributed by atoms with Gasteiger partial charge in [-0.25, -0.2) is 0 Å². The van der Waals surface area contributed by atoms with Crippen molar-refractivity contribution >= 4 is 23.1 Å². The summed E-state index contributed by atoms with van der Waals surface area (Å²) in [6.07, 6.45) is 5.27. The van der Waals surface area contributed by atoms with Crippen molar-refractivity contribution in [2.75, 3.05) is 110 Å². The average Bonchev–Trinajstić information content (AvgIpc) is 3.34. The van der Waals surface area contributed by atoms with Gasteiger partial charge in [0.25, 0.3) is 0 Å². The fourth-order valence-electron chi connectivity index (χ4n) is 10.5. The van der Waals surface area contributed by atoms with E-state index in [-0.39, 0.29) is 22.8 Å². The number of nitrogens with zero attached hydrogens (tertiary/aromatic N) is 6. The van der Waals surface area contributed by atoms with E-state index in [1.165, 1.54) is 33.6 Å². The summed E-state index contributed by atoms with van der Waals surface area (Å²) in [6, 6.07) is 40.0. The van der Waals surface area contributed by atoms with Gasteiger partial charge in [-0.1, -0.05) is 98.8 Å². The second-order valence-corrected chi connectivity index (χ2v) is 20.9. The summed E-state index contributed by atoms with van der Waals surface area (Å²) in [5, 5.41) is 0. The summed E-state index contributed by atoms with van der Waals surface area (Å²) in [6.45, 7) is 21.2. The van der Waals surface area contributed by atoms with E-state index in [0.29, 0.717) is 32.4 Å². The first-order valence-corrected chi connectivity index (χ1v) is 25.5. The number of piperazine rings is 2. The van der Waals surface area contributed by atoms with Crippen molar-refractivity contribution in [3.63, 3.8) is 0 Å². The summed E-state index contributed by atoms with van der Waals surface area (Å²) < 4.78 is 12.2. The first kappa shape index (κ1) is 52.8. The molecular weight excluding hydrogens is 845 g/mol. The topological polar surface area (TPSA) is 72.0 Å². The summed E-state index contributed by atoms with van der Waals surface area (Å²) in [5.41, 5.74) is 6.13. The molecule has 2 atom stereocenters. The van der Waals surface area contributed by atoms with Gasteiger partial charge in [0.1, 0.15) is 11.2 Å². The maximum absolute atomic E-state index is 13.4. The van der Waals surface area contributed by atoms with Crippen LogP contribution in [0.4, 0.5) is 11.4 Å². The Morgan fingerprint density at radius 1 is 0.544 bits per heavy atom. The number of hydrogen-bond acceptors (Lipinski definition) is 10. The molecule has 370 valence electrons. The van der Waals surface area contributed by atoms with Gasteiger partial charge in [0, 0.05) is 101 Å². The lowest BCUT2D eigenvalue weighted by atomic mass is 9.80. The fraction of sp³-hybridized carbons (Fsp3) is 0.552. The van der Waals surface area contributed by atoms with E-state index in [4.69, 9.17) is 9.47 Å². The minimum absolute atomic E-state index is 0.0706. The highest BCUT2D eigenvalue weighted by atomic mass is 16.6. The number of esters is 1. The molecule has 0 N–H and O–H groups in total. The van der Waals surface area contributed by atoms with E-state index >= 15 is 0 Å². The Kier molecular flexibility index (Phi) is 18.5. The molecule has 2 saturated heterocycles. The number of benzene rings is 4. The van der Waals surface area contributed by atoms with Crippen LogP contribution < -0.4 is 9.80 Å². The van der Waals surface area contributed by atoms with Crippen molar-refractivity contribution in [2.45, 2.75) is 109 Å². The number of likely N-dealkylation sites (N-methyl/N-ethyl adjacent to an activating group) is 2. The number of ketones is 1. The highest BCUT2D eigenvalue weighted by Crippen LogP contribution is 2.37. The van der Waals surface area contributed by atoms with Gasteiger partial charge < -0.3 is 19.3 Å². The van der Waals surface area contributed by atoms with Crippen LogP contribution in [0.2, 0.25) is 0 Å². The molecule has 0 aromatic heterocycles. The van der Waals surface area contributed by atoms with Crippen LogP contribution in [0.5, 0.6) is 0 Å². The average molecular weight is 929 g/mol. The Labute approximate surface area is 410 Å². The number of carbonyl (C=O) groups excluding carboxylic acids is 2. The van der Waals surface area contributed by atoms with E-state index < -0.39 is 11.2 Å². The predicted molar refractivity (Wildman–Crippen MR) is 281 cm³/mol. The molecule has 0 saturated carbocycles. The second kappa shape index (κ2) is 23.8. The fourth-order valence-corrected chi connectivity index (χ4v) is 10.5. The van der Waals surface area contributed by atoms with Gasteiger partial charge in [0.05, 0.1) is 13.0 Å². The van der Waals surface area contributed by atoms with Crippen LogP contribution in [-0.2, 0) is 43.0 Å². The lowest BCUT2D eigenvalue weighted by Gasteiger charge is -2.41. The number of rotatable bonds is 24. The molecule has 2 fully saturated rings. The molecule has 0 bridgehead atoms. The molecule has 68 heavy (non-hydrogen) atoms. The first-order valence-electron chi connectivity index (χ1n) is 25.5. The predicted octanol–water partition coefficient (Wildman–Crippen LogP) is 9.31. The second-order valence-electron chi connectivity index (χ2n) is 20.9. The van der Waals surface area contributed by atoms with Crippen molar-refractivity contribution < 1.29 is 19.1 Å². The monoisotopic (exact) mass is 929 g/mol. The normalized spacial score (nSPS) is 17.3. The van der Waals surface area contributed by atoms with Gasteiger partial charge >= 0.3 is 5.97 Å². The standard InChI is InChI=1S/C58H84N6O4/c1-11-57(59(7)8,45-47-19-15-13-16-20-47)49-23-27-51(28-24-49)63-40-36-61(37-41-63)34-31-53(65)56(5,6)67-44-33-55(3,4)68-54(66)32-35-62-38-42-64(43-39-62)52-29-25-50(26-30-52)58(12-2,60(9)10)46-48-21-17-14-18-22-48/h13-30H,11-12,31-46H2,1-10H3. The molecule has 2 heterocycles. The van der Waals surface area contributed by atoms with Gasteiger partial charge in [-0.2, -0.15) is 0 Å². The molecule has 6 rings (SSSR count). The number of ether oxygens (including phenoxy) is 2. The summed E-state index contributed by atoms with van der Waals surface area (Å²) in [7, 11) is 8.77. The third-order valence-electron chi connectivity index (χ3n) is 15.4. The smallest absolute Gasteiger partial charge is 0.307 e. The Hall–Kier alpha value is -4.58. The van der Waals surface area contributed by atoms with Crippen molar-refractivity contribution in [3.8, 4) is 0 Å². The van der Waals surface area contributed by atoms with Crippen LogP contribution in [0.3, 0.4) is 0 Å². The number of Topliss-reactive ketones (excluding diaryl/α,β-unsaturated/α-hetero) is 1. The molecule has 0 aliphatic carbocycles. The number of carbonyl (C=O) groups is 2. The quantitative estimate of drug-likeness (QED) is 0.0636. The van der Waals surface area contributed by atoms with Crippen LogP contribution in [0.25, 0.3) is 0 Å². The molecule has 10 heteroatoms. The summed E-state index contributed by atoms with van der Waals surface area (Å²) in [5.74, 6) is -0.0992. The van der Waals surface area contributed by atoms with Crippen LogP contribution in [0.15, 0.2) is 109 Å². The summed E-state index contributed by atoms with van der Waals surface area (Å²) >= 11 is 0. The minimum Gasteiger partial charge on any atom is -0.460 e. The maximum Gasteiger partial charge on any atom is 0.307 e. The van der Waals surface area contributed by atoms with Crippen LogP contribution >= 0.6 is 0 Å². The molecule has 2 aliphatic rings. The van der Waals surface area contributed by atoms with Gasteiger partial charge in [-0.15, -0.1) is 0 Å². The van der Waals surface area contributed by atoms with E-state index in [1.807, 2.05) is 27.7 Å². The van der Waals surface area contributed by atoms with Gasteiger partial charge in [0.15, 0.2) is 5.78 Å². The third kappa shape index (κ3) is 13.6. The summed E-state index contributed by atoms with van der Waals surface area (Å²) in [4.78, 5) is 40.9. The molecule has 2 aliphatic heterocycles. The molecule has 0 amide bonds. The molecule has 2 unspecified atom stereocenters. The Balaban J connectivity index is 0.867. The van der Waals surface area contributed by atoms with Crippen molar-refractivity contribution in [1.29, 1.82) is 0 Å². The third-order valence-corrected chi connectivity index (χ3v) is 15.4.